The molecule has 90 valence electrons. The molecule has 0 fully saturated rings. The number of rotatable bonds is 1. The topological polar surface area (TPSA) is 29.3 Å². The highest BCUT2D eigenvalue weighted by Gasteiger charge is 2.31. The van der Waals surface area contributed by atoms with Gasteiger partial charge in [-0.3, -0.25) is 0 Å². The molecule has 1 aromatic carbocycles. The van der Waals surface area contributed by atoms with Crippen LogP contribution in [0.4, 0.5) is 11.4 Å². The highest BCUT2D eigenvalue weighted by atomic mass is 15.2. The average Bonchev–Trinajstić information content (AvgIpc) is 2.03. The molecule has 2 nitrogen and oxygen atoms in total. The number of nitrogens with zero attached hydrogens (tertiary/aromatic N) is 1. The van der Waals surface area contributed by atoms with Gasteiger partial charge in [-0.15, -0.1) is 0 Å². The number of nitrogen functional groups attached to an aromatic ring is 1. The fraction of sp³-hybridized carbons (Fsp3) is 0.571. The van der Waals surface area contributed by atoms with Crippen LogP contribution in [-0.2, 0) is 0 Å². The Morgan fingerprint density at radius 1 is 0.812 bits per heavy atom. The molecule has 0 aliphatic rings. The van der Waals surface area contributed by atoms with Crippen molar-refractivity contribution < 1.29 is 0 Å². The van der Waals surface area contributed by atoms with Crippen LogP contribution in [0, 0.1) is 0 Å². The van der Waals surface area contributed by atoms with Gasteiger partial charge < -0.3 is 10.6 Å². The Hall–Kier alpha value is -1.18. The van der Waals surface area contributed by atoms with Crippen molar-refractivity contribution in [2.24, 2.45) is 0 Å². The maximum Gasteiger partial charge on any atom is 0.0376 e. The second-order valence-corrected chi connectivity index (χ2v) is 6.27. The summed E-state index contributed by atoms with van der Waals surface area (Å²) in [7, 11) is 0. The smallest absolute Gasteiger partial charge is 0.0376 e. The van der Waals surface area contributed by atoms with Crippen molar-refractivity contribution in [3.05, 3.63) is 24.3 Å². The van der Waals surface area contributed by atoms with Gasteiger partial charge in [-0.05, 0) is 65.8 Å². The van der Waals surface area contributed by atoms with Crippen LogP contribution in [0.2, 0.25) is 0 Å². The van der Waals surface area contributed by atoms with Crippen molar-refractivity contribution in [3.8, 4) is 0 Å². The van der Waals surface area contributed by atoms with E-state index in [0.717, 1.165) is 5.69 Å². The van der Waals surface area contributed by atoms with E-state index in [-0.39, 0.29) is 11.1 Å². The summed E-state index contributed by atoms with van der Waals surface area (Å²) >= 11 is 0. The largest absolute Gasteiger partial charge is 0.399 e. The fourth-order valence-corrected chi connectivity index (χ4v) is 2.40. The van der Waals surface area contributed by atoms with Gasteiger partial charge in [-0.2, -0.15) is 0 Å². The van der Waals surface area contributed by atoms with Crippen molar-refractivity contribution in [1.82, 2.24) is 0 Å². The predicted molar refractivity (Wildman–Crippen MR) is 72.8 cm³/mol. The third-order valence-electron chi connectivity index (χ3n) is 2.49. The van der Waals surface area contributed by atoms with E-state index in [1.165, 1.54) is 5.69 Å². The van der Waals surface area contributed by atoms with E-state index in [4.69, 9.17) is 5.73 Å². The second-order valence-electron chi connectivity index (χ2n) is 6.27. The van der Waals surface area contributed by atoms with Crippen LogP contribution >= 0.6 is 0 Å². The monoisotopic (exact) mass is 220 g/mol. The lowest BCUT2D eigenvalue weighted by atomic mass is 9.94. The molecule has 0 spiro atoms. The first-order valence-corrected chi connectivity index (χ1v) is 5.78. The van der Waals surface area contributed by atoms with Gasteiger partial charge in [-0.25, -0.2) is 0 Å². The fourth-order valence-electron chi connectivity index (χ4n) is 2.40. The summed E-state index contributed by atoms with van der Waals surface area (Å²) in [5.41, 5.74) is 7.94. The quantitative estimate of drug-likeness (QED) is 0.732. The molecule has 0 atom stereocenters. The number of hydrogen-bond acceptors (Lipinski definition) is 2. The molecule has 2 heteroatoms. The second kappa shape index (κ2) is 4.00. The average molecular weight is 220 g/mol. The van der Waals surface area contributed by atoms with Crippen LogP contribution in [0.25, 0.3) is 0 Å². The van der Waals surface area contributed by atoms with Crippen LogP contribution in [0.15, 0.2) is 24.3 Å². The van der Waals surface area contributed by atoms with E-state index in [0.29, 0.717) is 0 Å². The van der Waals surface area contributed by atoms with Gasteiger partial charge in [0.05, 0.1) is 0 Å². The van der Waals surface area contributed by atoms with Crippen LogP contribution in [-0.4, -0.2) is 11.1 Å². The number of hydrogen-bond donors (Lipinski definition) is 1. The lowest BCUT2D eigenvalue weighted by Gasteiger charge is -2.47. The van der Waals surface area contributed by atoms with Crippen molar-refractivity contribution in [1.29, 1.82) is 0 Å². The molecule has 0 bridgehead atoms. The maximum absolute atomic E-state index is 5.73. The number of nitrogens with two attached hydrogens (primary N) is 1. The van der Waals surface area contributed by atoms with Crippen LogP contribution < -0.4 is 10.6 Å². The zero-order chi connectivity index (χ0) is 12.6. The Balaban J connectivity index is 3.18. The predicted octanol–water partition coefficient (Wildman–Crippen LogP) is 3.67. The van der Waals surface area contributed by atoms with Crippen molar-refractivity contribution >= 4 is 11.4 Å². The SMILES string of the molecule is CC(C)(C)N(c1ccc(N)cc1)C(C)(C)C. The molecular weight excluding hydrogens is 196 g/mol. The van der Waals surface area contributed by atoms with E-state index in [2.05, 4.69) is 58.6 Å². The summed E-state index contributed by atoms with van der Waals surface area (Å²) < 4.78 is 0. The Labute approximate surface area is 99.5 Å². The summed E-state index contributed by atoms with van der Waals surface area (Å²) in [5, 5.41) is 0. The molecule has 1 aromatic rings. The molecule has 0 radical (unpaired) electrons. The minimum absolute atomic E-state index is 0.0916. The van der Waals surface area contributed by atoms with Crippen molar-refractivity contribution in [2.45, 2.75) is 52.6 Å². The molecule has 0 aliphatic heterocycles. The molecule has 16 heavy (non-hydrogen) atoms. The highest BCUT2D eigenvalue weighted by Crippen LogP contribution is 2.32. The Kier molecular flexibility index (Phi) is 3.22. The van der Waals surface area contributed by atoms with Crippen molar-refractivity contribution in [2.75, 3.05) is 10.6 Å². The van der Waals surface area contributed by atoms with E-state index < -0.39 is 0 Å². The molecule has 2 N–H and O–H groups in total. The van der Waals surface area contributed by atoms with Gasteiger partial charge in [0.25, 0.3) is 0 Å². The Bertz CT molecular complexity index is 324. The zero-order valence-corrected chi connectivity index (χ0v) is 11.3. The standard InChI is InChI=1S/C14H24N2/c1-13(2,3)16(14(4,5)6)12-9-7-11(15)8-10-12/h7-10H,15H2,1-6H3. The molecule has 0 amide bonds. The van der Waals surface area contributed by atoms with E-state index >= 15 is 0 Å². The van der Waals surface area contributed by atoms with Gasteiger partial charge in [0.2, 0.25) is 0 Å². The maximum atomic E-state index is 5.73. The van der Waals surface area contributed by atoms with E-state index in [9.17, 15) is 0 Å². The first-order chi connectivity index (χ1) is 7.12. The normalized spacial score (nSPS) is 12.6. The Morgan fingerprint density at radius 2 is 1.19 bits per heavy atom. The van der Waals surface area contributed by atoms with E-state index in [1.54, 1.807) is 0 Å². The lowest BCUT2D eigenvalue weighted by molar-refractivity contribution is 0.381. The molecule has 0 saturated carbocycles. The molecule has 0 saturated heterocycles. The molecular formula is C14H24N2. The molecule has 0 heterocycles. The van der Waals surface area contributed by atoms with Crippen LogP contribution in [0.5, 0.6) is 0 Å². The van der Waals surface area contributed by atoms with Crippen molar-refractivity contribution in [3.63, 3.8) is 0 Å². The van der Waals surface area contributed by atoms with E-state index in [1.807, 2.05) is 12.1 Å². The summed E-state index contributed by atoms with van der Waals surface area (Å²) in [6.45, 7) is 13.4. The summed E-state index contributed by atoms with van der Waals surface area (Å²) in [6.07, 6.45) is 0. The van der Waals surface area contributed by atoms with Gasteiger partial charge >= 0.3 is 0 Å². The third kappa shape index (κ3) is 2.91. The van der Waals surface area contributed by atoms with Gasteiger partial charge in [-0.1, -0.05) is 0 Å². The minimum Gasteiger partial charge on any atom is -0.399 e. The molecule has 0 aromatic heterocycles. The summed E-state index contributed by atoms with van der Waals surface area (Å²) in [5.74, 6) is 0. The summed E-state index contributed by atoms with van der Waals surface area (Å²) in [4.78, 5) is 2.42. The molecule has 0 aliphatic carbocycles. The van der Waals surface area contributed by atoms with Gasteiger partial charge in [0, 0.05) is 22.5 Å². The number of anilines is 2. The summed E-state index contributed by atoms with van der Waals surface area (Å²) in [6, 6.07) is 8.09. The molecule has 0 unspecified atom stereocenters. The zero-order valence-electron chi connectivity index (χ0n) is 11.3. The Morgan fingerprint density at radius 3 is 1.50 bits per heavy atom. The van der Waals surface area contributed by atoms with Crippen LogP contribution in [0.1, 0.15) is 41.5 Å². The first-order valence-electron chi connectivity index (χ1n) is 5.78. The lowest BCUT2D eigenvalue weighted by Crippen LogP contribution is -2.53. The number of benzene rings is 1. The first kappa shape index (κ1) is 12.9. The third-order valence-corrected chi connectivity index (χ3v) is 2.49. The van der Waals surface area contributed by atoms with Gasteiger partial charge in [0.1, 0.15) is 0 Å². The molecule has 1 rings (SSSR count). The van der Waals surface area contributed by atoms with Gasteiger partial charge in [0.15, 0.2) is 0 Å². The van der Waals surface area contributed by atoms with Crippen LogP contribution in [0.3, 0.4) is 0 Å². The highest BCUT2D eigenvalue weighted by molar-refractivity contribution is 5.56. The minimum atomic E-state index is 0.0916.